The minimum absolute atomic E-state index is 0.208. The van der Waals surface area contributed by atoms with Crippen molar-refractivity contribution in [2.24, 2.45) is 11.8 Å². The highest BCUT2D eigenvalue weighted by molar-refractivity contribution is 5.54. The van der Waals surface area contributed by atoms with E-state index in [2.05, 4.69) is 0 Å². The zero-order valence-corrected chi connectivity index (χ0v) is 10.3. The lowest BCUT2D eigenvalue weighted by Gasteiger charge is -2.32. The Bertz CT molecular complexity index is 256. The molecule has 0 aromatic rings. The summed E-state index contributed by atoms with van der Waals surface area (Å²) in [4.78, 5) is 21.4. The third-order valence-corrected chi connectivity index (χ3v) is 4.16. The number of aldehydes is 2. The Balaban J connectivity index is 1.73. The maximum atomic E-state index is 10.8. The molecule has 3 heteroatoms. The minimum atomic E-state index is 0.208. The van der Waals surface area contributed by atoms with Crippen LogP contribution in [0.2, 0.25) is 0 Å². The van der Waals surface area contributed by atoms with Gasteiger partial charge in [0.1, 0.15) is 12.6 Å². The number of hydrogen-bond donors (Lipinski definition) is 0. The third kappa shape index (κ3) is 3.63. The van der Waals surface area contributed by atoms with E-state index in [9.17, 15) is 9.59 Å². The molecular weight excluding hydrogens is 216 g/mol. The summed E-state index contributed by atoms with van der Waals surface area (Å²) in [6.45, 7) is 0. The fourth-order valence-electron chi connectivity index (χ4n) is 3.06. The molecular formula is C14H22O3. The fourth-order valence-corrected chi connectivity index (χ4v) is 3.06. The van der Waals surface area contributed by atoms with Crippen LogP contribution in [0.3, 0.4) is 0 Å². The molecule has 2 fully saturated rings. The van der Waals surface area contributed by atoms with Gasteiger partial charge >= 0.3 is 0 Å². The van der Waals surface area contributed by atoms with Crippen molar-refractivity contribution in [3.8, 4) is 0 Å². The summed E-state index contributed by atoms with van der Waals surface area (Å²) in [5.41, 5.74) is 0. The molecule has 2 saturated carbocycles. The van der Waals surface area contributed by atoms with Crippen LogP contribution in [0.25, 0.3) is 0 Å². The second-order valence-corrected chi connectivity index (χ2v) is 5.49. The van der Waals surface area contributed by atoms with E-state index in [1.54, 1.807) is 0 Å². The Morgan fingerprint density at radius 2 is 1.47 bits per heavy atom. The van der Waals surface area contributed by atoms with E-state index in [1.165, 1.54) is 0 Å². The summed E-state index contributed by atoms with van der Waals surface area (Å²) in [6, 6.07) is 0. The molecule has 2 aliphatic rings. The Morgan fingerprint density at radius 3 is 2.12 bits per heavy atom. The van der Waals surface area contributed by atoms with Crippen LogP contribution in [0.4, 0.5) is 0 Å². The van der Waals surface area contributed by atoms with Crippen molar-refractivity contribution in [1.29, 1.82) is 0 Å². The standard InChI is InChI=1S/C14H22O3/c15-9-11-4-6-13(7-5-11)17-14-3-1-2-12(8-14)10-16/h9-14H,1-8H2. The van der Waals surface area contributed by atoms with Gasteiger partial charge in [-0.3, -0.25) is 0 Å². The second kappa shape index (κ2) is 6.29. The Hall–Kier alpha value is -0.700. The van der Waals surface area contributed by atoms with Gasteiger partial charge in [0.25, 0.3) is 0 Å². The van der Waals surface area contributed by atoms with Crippen molar-refractivity contribution in [1.82, 2.24) is 0 Å². The quantitative estimate of drug-likeness (QED) is 0.707. The summed E-state index contributed by atoms with van der Waals surface area (Å²) in [5, 5.41) is 0. The van der Waals surface area contributed by atoms with Crippen molar-refractivity contribution >= 4 is 12.6 Å². The van der Waals surface area contributed by atoms with Gasteiger partial charge < -0.3 is 14.3 Å². The molecule has 0 spiro atoms. The highest BCUT2D eigenvalue weighted by Crippen LogP contribution is 2.30. The summed E-state index contributed by atoms with van der Waals surface area (Å²) < 4.78 is 6.08. The van der Waals surface area contributed by atoms with Crippen molar-refractivity contribution < 1.29 is 14.3 Å². The normalized spacial score (nSPS) is 38.6. The van der Waals surface area contributed by atoms with Crippen molar-refractivity contribution in [3.63, 3.8) is 0 Å². The van der Waals surface area contributed by atoms with Crippen molar-refractivity contribution in [3.05, 3.63) is 0 Å². The smallest absolute Gasteiger partial charge is 0.123 e. The van der Waals surface area contributed by atoms with E-state index in [1.807, 2.05) is 0 Å². The highest BCUT2D eigenvalue weighted by atomic mass is 16.5. The maximum absolute atomic E-state index is 10.8. The lowest BCUT2D eigenvalue weighted by molar-refractivity contribution is -0.118. The molecule has 2 rings (SSSR count). The predicted molar refractivity (Wildman–Crippen MR) is 64.7 cm³/mol. The van der Waals surface area contributed by atoms with Crippen LogP contribution < -0.4 is 0 Å². The molecule has 0 N–H and O–H groups in total. The van der Waals surface area contributed by atoms with Crippen molar-refractivity contribution in [2.45, 2.75) is 63.6 Å². The van der Waals surface area contributed by atoms with E-state index >= 15 is 0 Å². The molecule has 17 heavy (non-hydrogen) atoms. The zero-order valence-electron chi connectivity index (χ0n) is 10.3. The summed E-state index contributed by atoms with van der Waals surface area (Å²) in [7, 11) is 0. The first-order chi connectivity index (χ1) is 8.31. The Morgan fingerprint density at radius 1 is 0.765 bits per heavy atom. The molecule has 0 aromatic carbocycles. The number of rotatable bonds is 4. The SMILES string of the molecule is O=CC1CCC(OC2CCCC(C=O)C2)CC1. The van der Waals surface area contributed by atoms with Gasteiger partial charge in [0, 0.05) is 11.8 Å². The van der Waals surface area contributed by atoms with Crippen LogP contribution in [0.15, 0.2) is 0 Å². The first-order valence-corrected chi connectivity index (χ1v) is 6.88. The van der Waals surface area contributed by atoms with Gasteiger partial charge in [-0.15, -0.1) is 0 Å². The predicted octanol–water partition coefficient (Wildman–Crippen LogP) is 2.52. The molecule has 0 saturated heterocycles. The summed E-state index contributed by atoms with van der Waals surface area (Å²) in [6.07, 6.45) is 10.8. The van der Waals surface area contributed by atoms with Crippen LogP contribution in [0, 0.1) is 11.8 Å². The lowest BCUT2D eigenvalue weighted by Crippen LogP contribution is -2.31. The van der Waals surface area contributed by atoms with Gasteiger partial charge in [-0.1, -0.05) is 6.42 Å². The van der Waals surface area contributed by atoms with Crippen LogP contribution in [0.1, 0.15) is 51.4 Å². The van der Waals surface area contributed by atoms with Gasteiger partial charge in [0.15, 0.2) is 0 Å². The lowest BCUT2D eigenvalue weighted by atomic mass is 9.86. The molecule has 0 aromatic heterocycles. The Kier molecular flexibility index (Phi) is 4.72. The third-order valence-electron chi connectivity index (χ3n) is 4.16. The first-order valence-electron chi connectivity index (χ1n) is 6.88. The topological polar surface area (TPSA) is 43.4 Å². The molecule has 0 heterocycles. The molecule has 3 nitrogen and oxygen atoms in total. The number of carbonyl (C=O) groups excluding carboxylic acids is 2. The summed E-state index contributed by atoms with van der Waals surface area (Å²) in [5.74, 6) is 0.462. The molecule has 0 bridgehead atoms. The first kappa shape index (κ1) is 12.7. The minimum Gasteiger partial charge on any atom is -0.375 e. The molecule has 0 radical (unpaired) electrons. The average Bonchev–Trinajstić information content (AvgIpc) is 2.40. The largest absolute Gasteiger partial charge is 0.375 e. The Labute approximate surface area is 103 Å². The van der Waals surface area contributed by atoms with E-state index in [0.29, 0.717) is 6.10 Å². The van der Waals surface area contributed by atoms with E-state index in [0.717, 1.165) is 63.9 Å². The molecule has 2 aliphatic carbocycles. The van der Waals surface area contributed by atoms with Crippen LogP contribution in [-0.2, 0) is 14.3 Å². The number of hydrogen-bond acceptors (Lipinski definition) is 3. The van der Waals surface area contributed by atoms with E-state index < -0.39 is 0 Å². The van der Waals surface area contributed by atoms with Crippen LogP contribution in [0.5, 0.6) is 0 Å². The summed E-state index contributed by atoms with van der Waals surface area (Å²) >= 11 is 0. The molecule has 0 aliphatic heterocycles. The fraction of sp³-hybridized carbons (Fsp3) is 0.857. The average molecular weight is 238 g/mol. The second-order valence-electron chi connectivity index (χ2n) is 5.49. The van der Waals surface area contributed by atoms with Gasteiger partial charge in [-0.05, 0) is 44.9 Å². The molecule has 2 atom stereocenters. The monoisotopic (exact) mass is 238 g/mol. The number of ether oxygens (including phenoxy) is 1. The molecule has 96 valence electrons. The van der Waals surface area contributed by atoms with Gasteiger partial charge in [-0.25, -0.2) is 0 Å². The van der Waals surface area contributed by atoms with Crippen LogP contribution in [-0.4, -0.2) is 24.8 Å². The maximum Gasteiger partial charge on any atom is 0.123 e. The molecule has 0 amide bonds. The van der Waals surface area contributed by atoms with Gasteiger partial charge in [0.05, 0.1) is 12.2 Å². The van der Waals surface area contributed by atoms with E-state index in [-0.39, 0.29) is 17.9 Å². The van der Waals surface area contributed by atoms with Gasteiger partial charge in [0.2, 0.25) is 0 Å². The highest BCUT2D eigenvalue weighted by Gasteiger charge is 2.27. The number of carbonyl (C=O) groups is 2. The van der Waals surface area contributed by atoms with Crippen molar-refractivity contribution in [2.75, 3.05) is 0 Å². The molecule has 2 unspecified atom stereocenters. The zero-order chi connectivity index (χ0) is 12.1. The van der Waals surface area contributed by atoms with Crippen LogP contribution >= 0.6 is 0 Å². The van der Waals surface area contributed by atoms with E-state index in [4.69, 9.17) is 4.74 Å². The van der Waals surface area contributed by atoms with Gasteiger partial charge in [-0.2, -0.15) is 0 Å².